The van der Waals surface area contributed by atoms with Crippen molar-refractivity contribution in [2.45, 2.75) is 65.1 Å². The van der Waals surface area contributed by atoms with E-state index in [0.717, 1.165) is 43.9 Å². The number of carbonyl (C=O) groups excluding carboxylic acids is 3. The van der Waals surface area contributed by atoms with Crippen molar-refractivity contribution in [1.29, 1.82) is 0 Å². The topological polar surface area (TPSA) is 99.6 Å². The normalized spacial score (nSPS) is 18.0. The number of nitrogens with one attached hydrogen (secondary N) is 2. The Kier molecular flexibility index (Phi) is 8.02. The summed E-state index contributed by atoms with van der Waals surface area (Å²) in [6, 6.07) is 8.72. The number of aromatic nitrogens is 2. The zero-order valence-electron chi connectivity index (χ0n) is 22.7. The minimum absolute atomic E-state index is 0.0603. The molecule has 1 unspecified atom stereocenters. The first-order valence-corrected chi connectivity index (χ1v) is 13.2. The largest absolute Gasteiger partial charge is 0.357 e. The third-order valence-electron chi connectivity index (χ3n) is 7.48. The molecular weight excluding hydrogens is 468 g/mol. The van der Waals surface area contributed by atoms with Gasteiger partial charge in [0.25, 0.3) is 11.8 Å². The molecular formula is C28H40N6O3. The minimum atomic E-state index is -0.679. The summed E-state index contributed by atoms with van der Waals surface area (Å²) in [6.45, 7) is 9.49. The van der Waals surface area contributed by atoms with Crippen LogP contribution in [0.1, 0.15) is 78.3 Å². The van der Waals surface area contributed by atoms with Gasteiger partial charge >= 0.3 is 0 Å². The number of hydrogen-bond acceptors (Lipinski definition) is 5. The number of fused-ring (bicyclic) bond motifs is 1. The molecule has 3 amide bonds. The highest BCUT2D eigenvalue weighted by Crippen LogP contribution is 2.32. The van der Waals surface area contributed by atoms with Crippen LogP contribution in [0.3, 0.4) is 0 Å². The molecule has 0 radical (unpaired) electrons. The lowest BCUT2D eigenvalue weighted by atomic mass is 9.86. The van der Waals surface area contributed by atoms with Crippen LogP contribution < -0.4 is 10.6 Å². The van der Waals surface area contributed by atoms with Crippen LogP contribution in [-0.4, -0.2) is 76.8 Å². The van der Waals surface area contributed by atoms with Crippen molar-refractivity contribution in [3.8, 4) is 0 Å². The van der Waals surface area contributed by atoms with Gasteiger partial charge in [0.2, 0.25) is 5.91 Å². The average molecular weight is 509 g/mol. The van der Waals surface area contributed by atoms with E-state index < -0.39 is 11.5 Å². The van der Waals surface area contributed by atoms with Gasteiger partial charge in [-0.3, -0.25) is 14.4 Å². The Morgan fingerprint density at radius 2 is 1.70 bits per heavy atom. The summed E-state index contributed by atoms with van der Waals surface area (Å²) >= 11 is 0. The van der Waals surface area contributed by atoms with E-state index in [1.807, 2.05) is 56.0 Å². The Bertz CT molecular complexity index is 1130. The summed E-state index contributed by atoms with van der Waals surface area (Å²) in [5, 5.41) is 5.64. The maximum absolute atomic E-state index is 13.6. The quantitative estimate of drug-likeness (QED) is 0.647. The first-order valence-electron chi connectivity index (χ1n) is 13.2. The van der Waals surface area contributed by atoms with E-state index in [4.69, 9.17) is 4.98 Å². The van der Waals surface area contributed by atoms with Gasteiger partial charge in [-0.2, -0.15) is 0 Å². The fourth-order valence-electron chi connectivity index (χ4n) is 5.37. The highest BCUT2D eigenvalue weighted by Gasteiger charge is 2.36. The molecule has 2 N–H and O–H groups in total. The van der Waals surface area contributed by atoms with E-state index in [-0.39, 0.29) is 23.6 Å². The Morgan fingerprint density at radius 1 is 1.03 bits per heavy atom. The van der Waals surface area contributed by atoms with Gasteiger partial charge in [0.1, 0.15) is 11.9 Å². The third kappa shape index (κ3) is 5.87. The van der Waals surface area contributed by atoms with Crippen molar-refractivity contribution in [1.82, 2.24) is 30.0 Å². The lowest BCUT2D eigenvalue weighted by Gasteiger charge is -2.32. The van der Waals surface area contributed by atoms with Crippen molar-refractivity contribution in [2.24, 2.45) is 5.41 Å². The van der Waals surface area contributed by atoms with E-state index in [0.29, 0.717) is 30.9 Å². The van der Waals surface area contributed by atoms with Crippen LogP contribution in [0.5, 0.6) is 0 Å². The van der Waals surface area contributed by atoms with Gasteiger partial charge in [-0.1, -0.05) is 39.0 Å². The monoisotopic (exact) mass is 508 g/mol. The predicted octanol–water partition coefficient (Wildman–Crippen LogP) is 2.63. The molecule has 1 aromatic carbocycles. The average Bonchev–Trinajstić information content (AvgIpc) is 3.12. The Balaban J connectivity index is 1.58. The van der Waals surface area contributed by atoms with Crippen molar-refractivity contribution in [2.75, 3.05) is 33.7 Å². The van der Waals surface area contributed by atoms with Gasteiger partial charge in [-0.05, 0) is 50.4 Å². The fraction of sp³-hybridized carbons (Fsp3) is 0.571. The highest BCUT2D eigenvalue weighted by molar-refractivity contribution is 5.97. The number of piperidine rings is 1. The van der Waals surface area contributed by atoms with E-state index in [9.17, 15) is 14.4 Å². The molecule has 1 saturated heterocycles. The number of amides is 3. The molecule has 4 rings (SSSR count). The lowest BCUT2D eigenvalue weighted by molar-refractivity contribution is -0.124. The van der Waals surface area contributed by atoms with Crippen LogP contribution in [0, 0.1) is 5.41 Å². The number of likely N-dealkylation sites (tertiary alicyclic amines) is 1. The maximum atomic E-state index is 13.6. The molecule has 0 bridgehead atoms. The van der Waals surface area contributed by atoms with Crippen molar-refractivity contribution < 1.29 is 14.4 Å². The van der Waals surface area contributed by atoms with Crippen LogP contribution in [0.2, 0.25) is 0 Å². The number of nitrogens with zero attached hydrogens (tertiary/aromatic N) is 4. The second kappa shape index (κ2) is 11.0. The summed E-state index contributed by atoms with van der Waals surface area (Å²) < 4.78 is 2.23. The summed E-state index contributed by atoms with van der Waals surface area (Å²) in [5.41, 5.74) is 1.57. The molecule has 0 spiro atoms. The molecule has 3 heterocycles. The van der Waals surface area contributed by atoms with Crippen molar-refractivity contribution >= 4 is 17.7 Å². The molecule has 2 aliphatic heterocycles. The van der Waals surface area contributed by atoms with E-state index >= 15 is 0 Å². The van der Waals surface area contributed by atoms with Gasteiger partial charge in [0, 0.05) is 44.7 Å². The standard InChI is InChI=1S/C28H40N6O3/c1-28(2,3)23(26(36)29-4)31-25(35)22-21-18-32(5)14-9-15-34(21)24(30-22)19-12-16-33(17-13-19)27(37)20-10-7-6-8-11-20/h6-8,10-11,19,23H,9,12-18H2,1-5H3,(H,29,36)(H,31,35). The second-order valence-corrected chi connectivity index (χ2v) is 11.3. The van der Waals surface area contributed by atoms with E-state index in [2.05, 4.69) is 27.1 Å². The number of carbonyl (C=O) groups is 3. The molecule has 1 fully saturated rings. The number of rotatable bonds is 5. The van der Waals surface area contributed by atoms with Crippen LogP contribution in [0.15, 0.2) is 30.3 Å². The SMILES string of the molecule is CNC(=O)C(NC(=O)c1nc(C2CCN(C(=O)c3ccccc3)CC2)n2c1CN(C)CCC2)C(C)(C)C. The van der Waals surface area contributed by atoms with Gasteiger partial charge in [0.05, 0.1) is 5.69 Å². The summed E-state index contributed by atoms with van der Waals surface area (Å²) in [6.07, 6.45) is 2.58. The summed E-state index contributed by atoms with van der Waals surface area (Å²) in [7, 11) is 3.64. The molecule has 200 valence electrons. The molecule has 9 heteroatoms. The Morgan fingerprint density at radius 3 is 2.32 bits per heavy atom. The molecule has 0 saturated carbocycles. The number of hydrogen-bond donors (Lipinski definition) is 2. The Hall–Kier alpha value is -3.20. The maximum Gasteiger partial charge on any atom is 0.272 e. The number of benzene rings is 1. The zero-order chi connectivity index (χ0) is 26.7. The van der Waals surface area contributed by atoms with Crippen LogP contribution >= 0.6 is 0 Å². The fourth-order valence-corrected chi connectivity index (χ4v) is 5.37. The Labute approximate surface area is 219 Å². The van der Waals surface area contributed by atoms with Gasteiger partial charge in [-0.25, -0.2) is 4.98 Å². The smallest absolute Gasteiger partial charge is 0.272 e. The first-order chi connectivity index (χ1) is 17.6. The second-order valence-electron chi connectivity index (χ2n) is 11.3. The highest BCUT2D eigenvalue weighted by atomic mass is 16.2. The molecule has 0 aliphatic carbocycles. The summed E-state index contributed by atoms with van der Waals surface area (Å²) in [4.78, 5) is 48.1. The minimum Gasteiger partial charge on any atom is -0.357 e. The lowest BCUT2D eigenvalue weighted by Crippen LogP contribution is -2.53. The number of likely N-dealkylation sites (N-methyl/N-ethyl adjacent to an activating group) is 1. The van der Waals surface area contributed by atoms with Crippen molar-refractivity contribution in [3.63, 3.8) is 0 Å². The van der Waals surface area contributed by atoms with Gasteiger partial charge in [0.15, 0.2) is 5.69 Å². The summed E-state index contributed by atoms with van der Waals surface area (Å²) in [5.74, 6) is 0.616. The third-order valence-corrected chi connectivity index (χ3v) is 7.48. The molecule has 1 atom stereocenters. The number of imidazole rings is 1. The van der Waals surface area contributed by atoms with Crippen LogP contribution in [0.4, 0.5) is 0 Å². The van der Waals surface area contributed by atoms with E-state index in [1.165, 1.54) is 0 Å². The predicted molar refractivity (Wildman–Crippen MR) is 142 cm³/mol. The van der Waals surface area contributed by atoms with Gasteiger partial charge < -0.3 is 25.0 Å². The molecule has 1 aromatic heterocycles. The first kappa shape index (κ1) is 26.9. The van der Waals surface area contributed by atoms with Crippen LogP contribution in [0.25, 0.3) is 0 Å². The molecule has 37 heavy (non-hydrogen) atoms. The molecule has 2 aliphatic rings. The zero-order valence-corrected chi connectivity index (χ0v) is 22.7. The van der Waals surface area contributed by atoms with E-state index in [1.54, 1.807) is 7.05 Å². The van der Waals surface area contributed by atoms with Crippen LogP contribution in [-0.2, 0) is 17.9 Å². The van der Waals surface area contributed by atoms with Crippen molar-refractivity contribution in [3.05, 3.63) is 53.1 Å². The molecule has 2 aromatic rings. The molecule has 9 nitrogen and oxygen atoms in total. The van der Waals surface area contributed by atoms with Gasteiger partial charge in [-0.15, -0.1) is 0 Å².